The zero-order valence-electron chi connectivity index (χ0n) is 20.9. The Morgan fingerprint density at radius 1 is 1.11 bits per heavy atom. The van der Waals surface area contributed by atoms with Crippen LogP contribution in [0.15, 0.2) is 48.8 Å². The number of ether oxygens (including phenoxy) is 2. The standard InChI is InChI=1S/C27H27N7O4/c1-17-12-32(8-9-33(17)24(36)13-35)26-28-10-18(11-29-26)20-6-7-21-25(31-20)34-23(30-21)14-37-15-27(34)16-38-22-5-3-2-4-19(22)27/h2-7,10-11,17,35H,8-9,12-16H2,1H3/t17-,27?/m1/s1. The van der Waals surface area contributed by atoms with E-state index in [1.807, 2.05) is 37.3 Å². The molecule has 0 saturated carbocycles. The maximum atomic E-state index is 11.9. The summed E-state index contributed by atoms with van der Waals surface area (Å²) in [5, 5.41) is 9.19. The summed E-state index contributed by atoms with van der Waals surface area (Å²) in [5.74, 6) is 2.05. The molecular formula is C27H27N7O4. The van der Waals surface area contributed by atoms with E-state index in [0.717, 1.165) is 39.6 Å². The molecule has 1 aromatic carbocycles. The number of carbonyl (C=O) groups is 1. The van der Waals surface area contributed by atoms with E-state index in [2.05, 4.69) is 25.5 Å². The predicted molar refractivity (Wildman–Crippen MR) is 138 cm³/mol. The molecule has 1 fully saturated rings. The molecule has 194 valence electrons. The molecule has 11 heteroatoms. The highest BCUT2D eigenvalue weighted by Crippen LogP contribution is 2.44. The van der Waals surface area contributed by atoms with E-state index < -0.39 is 12.1 Å². The number of carbonyl (C=O) groups excluding carboxylic acids is 1. The Kier molecular flexibility index (Phi) is 5.31. The third kappa shape index (κ3) is 3.46. The van der Waals surface area contributed by atoms with Crippen LogP contribution in [0.5, 0.6) is 5.75 Å². The SMILES string of the molecule is C[C@@H]1CN(c2ncc(-c3ccc4nc5n(c4n3)C3(COC5)COc4ccccc43)cn2)CCN1C(=O)CO. The Hall–Kier alpha value is -4.09. The molecule has 6 heterocycles. The van der Waals surface area contributed by atoms with Crippen molar-refractivity contribution in [1.82, 2.24) is 29.4 Å². The van der Waals surface area contributed by atoms with Gasteiger partial charge >= 0.3 is 0 Å². The number of hydrogen-bond acceptors (Lipinski definition) is 9. The van der Waals surface area contributed by atoms with Gasteiger partial charge in [-0.3, -0.25) is 9.36 Å². The number of rotatable bonds is 3. The monoisotopic (exact) mass is 513 g/mol. The van der Waals surface area contributed by atoms with Crippen molar-refractivity contribution in [2.75, 3.05) is 44.4 Å². The van der Waals surface area contributed by atoms with Gasteiger partial charge in [0.25, 0.3) is 0 Å². The number of aromatic nitrogens is 5. The second kappa shape index (κ2) is 8.74. The Bertz CT molecular complexity index is 1540. The number of imidazole rings is 1. The number of benzene rings is 1. The summed E-state index contributed by atoms with van der Waals surface area (Å²) in [6.45, 7) is 4.59. The molecule has 0 bridgehead atoms. The average Bonchev–Trinajstić information content (AvgIpc) is 3.52. The van der Waals surface area contributed by atoms with Crippen LogP contribution >= 0.6 is 0 Å². The first-order valence-corrected chi connectivity index (χ1v) is 12.7. The quantitative estimate of drug-likeness (QED) is 0.436. The van der Waals surface area contributed by atoms with E-state index in [-0.39, 0.29) is 11.9 Å². The molecule has 38 heavy (non-hydrogen) atoms. The number of pyridine rings is 1. The number of aliphatic hydroxyl groups is 1. The van der Waals surface area contributed by atoms with Gasteiger partial charge in [-0.25, -0.2) is 19.9 Å². The van der Waals surface area contributed by atoms with E-state index in [4.69, 9.17) is 19.4 Å². The van der Waals surface area contributed by atoms with E-state index in [1.165, 1.54) is 0 Å². The van der Waals surface area contributed by atoms with Crippen molar-refractivity contribution in [1.29, 1.82) is 0 Å². The number of hydrogen-bond donors (Lipinski definition) is 1. The molecule has 3 aromatic heterocycles. The highest BCUT2D eigenvalue weighted by Gasteiger charge is 2.47. The molecule has 3 aliphatic rings. The highest BCUT2D eigenvalue weighted by molar-refractivity contribution is 5.78. The average molecular weight is 514 g/mol. The summed E-state index contributed by atoms with van der Waals surface area (Å²) in [5.41, 5.74) is 3.71. The first-order valence-electron chi connectivity index (χ1n) is 12.7. The lowest BCUT2D eigenvalue weighted by Crippen LogP contribution is -2.55. The summed E-state index contributed by atoms with van der Waals surface area (Å²) in [6.07, 6.45) is 3.57. The number of aliphatic hydroxyl groups excluding tert-OH is 1. The molecule has 2 atom stereocenters. The maximum absolute atomic E-state index is 11.9. The minimum Gasteiger partial charge on any atom is -0.490 e. The molecule has 1 amide bonds. The third-order valence-electron chi connectivity index (χ3n) is 7.73. The van der Waals surface area contributed by atoms with Crippen LogP contribution in [0.2, 0.25) is 0 Å². The largest absolute Gasteiger partial charge is 0.490 e. The normalized spacial score (nSPS) is 22.4. The summed E-state index contributed by atoms with van der Waals surface area (Å²) in [6, 6.07) is 11.9. The van der Waals surface area contributed by atoms with E-state index in [9.17, 15) is 9.90 Å². The first kappa shape index (κ1) is 23.1. The van der Waals surface area contributed by atoms with Crippen LogP contribution in [-0.2, 0) is 21.7 Å². The second-order valence-corrected chi connectivity index (χ2v) is 10.0. The van der Waals surface area contributed by atoms with E-state index >= 15 is 0 Å². The molecule has 3 aliphatic heterocycles. The number of para-hydroxylation sites is 1. The van der Waals surface area contributed by atoms with Crippen LogP contribution in [0.3, 0.4) is 0 Å². The number of piperazine rings is 1. The molecule has 4 aromatic rings. The minimum atomic E-state index is -0.513. The van der Waals surface area contributed by atoms with Gasteiger partial charge in [-0.15, -0.1) is 0 Å². The fourth-order valence-electron chi connectivity index (χ4n) is 5.86. The van der Waals surface area contributed by atoms with Gasteiger partial charge in [0.15, 0.2) is 5.65 Å². The van der Waals surface area contributed by atoms with Crippen molar-refractivity contribution < 1.29 is 19.4 Å². The fourth-order valence-corrected chi connectivity index (χ4v) is 5.86. The minimum absolute atomic E-state index is 0.0372. The number of amides is 1. The zero-order valence-corrected chi connectivity index (χ0v) is 20.9. The van der Waals surface area contributed by atoms with Gasteiger partial charge in [-0.2, -0.15) is 0 Å². The Balaban J connectivity index is 1.21. The zero-order chi connectivity index (χ0) is 25.9. The van der Waals surface area contributed by atoms with Crippen molar-refractivity contribution in [2.24, 2.45) is 0 Å². The third-order valence-corrected chi connectivity index (χ3v) is 7.73. The van der Waals surface area contributed by atoms with Crippen LogP contribution in [0.4, 0.5) is 5.95 Å². The van der Waals surface area contributed by atoms with E-state index in [1.54, 1.807) is 17.3 Å². The molecule has 1 saturated heterocycles. The van der Waals surface area contributed by atoms with Gasteiger partial charge in [0.2, 0.25) is 11.9 Å². The molecule has 1 spiro atoms. The maximum Gasteiger partial charge on any atom is 0.248 e. The van der Waals surface area contributed by atoms with Crippen LogP contribution in [0.1, 0.15) is 18.3 Å². The molecule has 1 N–H and O–H groups in total. The molecule has 0 radical (unpaired) electrons. The molecule has 0 aliphatic carbocycles. The van der Waals surface area contributed by atoms with Crippen LogP contribution < -0.4 is 9.64 Å². The summed E-state index contributed by atoms with van der Waals surface area (Å²) in [7, 11) is 0. The van der Waals surface area contributed by atoms with Crippen molar-refractivity contribution in [3.8, 4) is 17.0 Å². The summed E-state index contributed by atoms with van der Waals surface area (Å²) < 4.78 is 14.2. The molecule has 11 nitrogen and oxygen atoms in total. The predicted octanol–water partition coefficient (Wildman–Crippen LogP) is 1.58. The topological polar surface area (TPSA) is 119 Å². The molecule has 7 rings (SSSR count). The van der Waals surface area contributed by atoms with Gasteiger partial charge in [-0.1, -0.05) is 18.2 Å². The van der Waals surface area contributed by atoms with E-state index in [0.29, 0.717) is 45.4 Å². The smallest absolute Gasteiger partial charge is 0.248 e. The lowest BCUT2D eigenvalue weighted by atomic mass is 9.91. The fraction of sp³-hybridized carbons (Fsp3) is 0.370. The van der Waals surface area contributed by atoms with Crippen LogP contribution in [-0.4, -0.2) is 85.9 Å². The lowest BCUT2D eigenvalue weighted by Gasteiger charge is -2.39. The Morgan fingerprint density at radius 2 is 1.95 bits per heavy atom. The van der Waals surface area contributed by atoms with Crippen LogP contribution in [0.25, 0.3) is 22.4 Å². The van der Waals surface area contributed by atoms with Crippen molar-refractivity contribution in [3.05, 3.63) is 60.2 Å². The van der Waals surface area contributed by atoms with Crippen molar-refractivity contribution >= 4 is 23.0 Å². The van der Waals surface area contributed by atoms with Gasteiger partial charge in [0, 0.05) is 49.2 Å². The Morgan fingerprint density at radius 3 is 2.76 bits per heavy atom. The second-order valence-electron chi connectivity index (χ2n) is 10.0. The highest BCUT2D eigenvalue weighted by atomic mass is 16.5. The van der Waals surface area contributed by atoms with Gasteiger partial charge in [0.05, 0.1) is 12.3 Å². The first-order chi connectivity index (χ1) is 18.6. The Labute approximate surface area is 218 Å². The van der Waals surface area contributed by atoms with Crippen molar-refractivity contribution in [2.45, 2.75) is 25.1 Å². The number of nitrogens with zero attached hydrogens (tertiary/aromatic N) is 7. The van der Waals surface area contributed by atoms with Crippen molar-refractivity contribution in [3.63, 3.8) is 0 Å². The molecular weight excluding hydrogens is 486 g/mol. The number of fused-ring (bicyclic) bond motifs is 6. The number of anilines is 1. The summed E-state index contributed by atoms with van der Waals surface area (Å²) in [4.78, 5) is 34.8. The van der Waals surface area contributed by atoms with Gasteiger partial charge < -0.3 is 24.4 Å². The lowest BCUT2D eigenvalue weighted by molar-refractivity contribution is -0.136. The van der Waals surface area contributed by atoms with Crippen LogP contribution in [0, 0.1) is 0 Å². The molecule has 1 unspecified atom stereocenters. The van der Waals surface area contributed by atoms with Gasteiger partial charge in [-0.05, 0) is 25.1 Å². The van der Waals surface area contributed by atoms with Gasteiger partial charge in [0.1, 0.15) is 42.5 Å². The summed E-state index contributed by atoms with van der Waals surface area (Å²) >= 11 is 0.